The largest absolute Gasteiger partial charge is 0.462 e. The summed E-state index contributed by atoms with van der Waals surface area (Å²) in [6.45, 7) is 2.19. The maximum atomic E-state index is 11.5. The van der Waals surface area contributed by atoms with E-state index in [1.165, 1.54) is 5.56 Å². The third-order valence-electron chi connectivity index (χ3n) is 2.79. The van der Waals surface area contributed by atoms with Crippen molar-refractivity contribution in [3.63, 3.8) is 0 Å². The molecule has 0 bridgehead atoms. The van der Waals surface area contributed by atoms with E-state index in [1.54, 1.807) is 19.1 Å². The number of carbonyl (C=O) groups excluding carboxylic acids is 1. The summed E-state index contributed by atoms with van der Waals surface area (Å²) in [5.74, 6) is -0.277. The number of ether oxygens (including phenoxy) is 1. The fourth-order valence-corrected chi connectivity index (χ4v) is 1.94. The van der Waals surface area contributed by atoms with Crippen LogP contribution in [0.2, 0.25) is 5.02 Å². The third kappa shape index (κ3) is 3.83. The standard InChI is InChI=1S/C16H15ClO2/c1-2-19-16(18)14-7-3-12(4-8-14)11-13-5-9-15(17)10-6-13/h3-10H,2,11H2,1H3. The van der Waals surface area contributed by atoms with Crippen LogP contribution in [0.1, 0.15) is 28.4 Å². The van der Waals surface area contributed by atoms with Gasteiger partial charge in [-0.2, -0.15) is 0 Å². The molecule has 0 spiro atoms. The van der Waals surface area contributed by atoms with Gasteiger partial charge < -0.3 is 4.74 Å². The maximum absolute atomic E-state index is 11.5. The second-order valence-corrected chi connectivity index (χ2v) is 4.66. The number of rotatable bonds is 4. The van der Waals surface area contributed by atoms with Gasteiger partial charge in [0.2, 0.25) is 0 Å². The van der Waals surface area contributed by atoms with Crippen molar-refractivity contribution in [2.45, 2.75) is 13.3 Å². The molecular formula is C16H15ClO2. The fourth-order valence-electron chi connectivity index (χ4n) is 1.81. The summed E-state index contributed by atoms with van der Waals surface area (Å²) in [5, 5.41) is 0.737. The number of hydrogen-bond acceptors (Lipinski definition) is 2. The lowest BCUT2D eigenvalue weighted by atomic mass is 10.0. The Labute approximate surface area is 118 Å². The van der Waals surface area contributed by atoms with E-state index in [0.717, 1.165) is 17.0 Å². The first-order chi connectivity index (χ1) is 9.19. The van der Waals surface area contributed by atoms with E-state index >= 15 is 0 Å². The second kappa shape index (κ2) is 6.39. The first kappa shape index (κ1) is 13.6. The van der Waals surface area contributed by atoms with E-state index in [1.807, 2.05) is 36.4 Å². The van der Waals surface area contributed by atoms with Crippen molar-refractivity contribution in [1.82, 2.24) is 0 Å². The molecule has 2 rings (SSSR count). The van der Waals surface area contributed by atoms with Crippen molar-refractivity contribution in [3.05, 3.63) is 70.2 Å². The highest BCUT2D eigenvalue weighted by molar-refractivity contribution is 6.30. The topological polar surface area (TPSA) is 26.3 Å². The molecule has 19 heavy (non-hydrogen) atoms. The zero-order valence-corrected chi connectivity index (χ0v) is 11.5. The van der Waals surface area contributed by atoms with E-state index in [2.05, 4.69) is 0 Å². The van der Waals surface area contributed by atoms with Crippen LogP contribution in [-0.2, 0) is 11.2 Å². The molecule has 0 amide bonds. The number of benzene rings is 2. The van der Waals surface area contributed by atoms with Gasteiger partial charge in [0.15, 0.2) is 0 Å². The van der Waals surface area contributed by atoms with E-state index in [4.69, 9.17) is 16.3 Å². The average molecular weight is 275 g/mol. The van der Waals surface area contributed by atoms with Gasteiger partial charge in [-0.05, 0) is 48.7 Å². The Kier molecular flexibility index (Phi) is 4.58. The molecule has 0 atom stereocenters. The molecule has 0 unspecified atom stereocenters. The molecule has 0 aromatic heterocycles. The zero-order chi connectivity index (χ0) is 13.7. The van der Waals surface area contributed by atoms with Gasteiger partial charge in [0.1, 0.15) is 0 Å². The first-order valence-corrected chi connectivity index (χ1v) is 6.57. The third-order valence-corrected chi connectivity index (χ3v) is 3.04. The van der Waals surface area contributed by atoms with Gasteiger partial charge in [-0.3, -0.25) is 0 Å². The summed E-state index contributed by atoms with van der Waals surface area (Å²) in [4.78, 5) is 11.5. The molecule has 0 radical (unpaired) electrons. The summed E-state index contributed by atoms with van der Waals surface area (Å²) < 4.78 is 4.95. The molecule has 98 valence electrons. The molecule has 2 aromatic carbocycles. The summed E-state index contributed by atoms with van der Waals surface area (Å²) in [6, 6.07) is 15.2. The average Bonchev–Trinajstić information content (AvgIpc) is 2.42. The summed E-state index contributed by atoms with van der Waals surface area (Å²) in [5.41, 5.74) is 2.92. The zero-order valence-electron chi connectivity index (χ0n) is 10.7. The van der Waals surface area contributed by atoms with Gasteiger partial charge in [0.05, 0.1) is 12.2 Å². The van der Waals surface area contributed by atoms with Gasteiger partial charge in [-0.15, -0.1) is 0 Å². The summed E-state index contributed by atoms with van der Waals surface area (Å²) >= 11 is 5.85. The molecule has 3 heteroatoms. The molecule has 2 nitrogen and oxygen atoms in total. The van der Waals surface area contributed by atoms with Gasteiger partial charge in [0, 0.05) is 5.02 Å². The monoisotopic (exact) mass is 274 g/mol. The molecule has 0 aliphatic carbocycles. The Morgan fingerprint density at radius 2 is 1.53 bits per heavy atom. The molecule has 0 saturated heterocycles. The predicted molar refractivity (Wildman–Crippen MR) is 76.7 cm³/mol. The van der Waals surface area contributed by atoms with E-state index in [0.29, 0.717) is 12.2 Å². The minimum Gasteiger partial charge on any atom is -0.462 e. The van der Waals surface area contributed by atoms with Gasteiger partial charge >= 0.3 is 5.97 Å². The molecule has 0 aliphatic heterocycles. The van der Waals surface area contributed by atoms with Crippen LogP contribution in [0.4, 0.5) is 0 Å². The SMILES string of the molecule is CCOC(=O)c1ccc(Cc2ccc(Cl)cc2)cc1. The minimum absolute atomic E-state index is 0.277. The van der Waals surface area contributed by atoms with E-state index in [9.17, 15) is 4.79 Å². The second-order valence-electron chi connectivity index (χ2n) is 4.22. The predicted octanol–water partition coefficient (Wildman–Crippen LogP) is 4.11. The summed E-state index contributed by atoms with van der Waals surface area (Å²) in [7, 11) is 0. The lowest BCUT2D eigenvalue weighted by molar-refractivity contribution is 0.0526. The molecule has 0 heterocycles. The lowest BCUT2D eigenvalue weighted by Gasteiger charge is -2.04. The van der Waals surface area contributed by atoms with Gasteiger partial charge in [-0.25, -0.2) is 4.79 Å². The van der Waals surface area contributed by atoms with Crippen LogP contribution in [0.3, 0.4) is 0 Å². The van der Waals surface area contributed by atoms with Crippen LogP contribution >= 0.6 is 11.6 Å². The lowest BCUT2D eigenvalue weighted by Crippen LogP contribution is -2.04. The maximum Gasteiger partial charge on any atom is 0.338 e. The van der Waals surface area contributed by atoms with Crippen LogP contribution in [0.15, 0.2) is 48.5 Å². The first-order valence-electron chi connectivity index (χ1n) is 6.19. The van der Waals surface area contributed by atoms with E-state index in [-0.39, 0.29) is 5.97 Å². The Bertz CT molecular complexity index is 544. The highest BCUT2D eigenvalue weighted by Gasteiger charge is 2.05. The van der Waals surface area contributed by atoms with Crippen molar-refractivity contribution < 1.29 is 9.53 Å². The number of esters is 1. The highest BCUT2D eigenvalue weighted by Crippen LogP contribution is 2.14. The van der Waals surface area contributed by atoms with Crippen LogP contribution in [0, 0.1) is 0 Å². The molecular weight excluding hydrogens is 260 g/mol. The summed E-state index contributed by atoms with van der Waals surface area (Å²) in [6.07, 6.45) is 0.820. The Morgan fingerprint density at radius 1 is 1.00 bits per heavy atom. The Hall–Kier alpha value is -1.80. The molecule has 0 aliphatic rings. The van der Waals surface area contributed by atoms with Crippen LogP contribution in [0.5, 0.6) is 0 Å². The molecule has 0 fully saturated rings. The van der Waals surface area contributed by atoms with Crippen LogP contribution in [0.25, 0.3) is 0 Å². The Balaban J connectivity index is 2.06. The minimum atomic E-state index is -0.277. The van der Waals surface area contributed by atoms with Crippen molar-refractivity contribution in [1.29, 1.82) is 0 Å². The van der Waals surface area contributed by atoms with Crippen LogP contribution in [-0.4, -0.2) is 12.6 Å². The highest BCUT2D eigenvalue weighted by atomic mass is 35.5. The number of carbonyl (C=O) groups is 1. The van der Waals surface area contributed by atoms with Crippen molar-refractivity contribution in [2.24, 2.45) is 0 Å². The molecule has 0 saturated carbocycles. The van der Waals surface area contributed by atoms with Gasteiger partial charge in [0.25, 0.3) is 0 Å². The van der Waals surface area contributed by atoms with Crippen molar-refractivity contribution in [2.75, 3.05) is 6.61 Å². The number of hydrogen-bond donors (Lipinski definition) is 0. The normalized spacial score (nSPS) is 10.2. The van der Waals surface area contributed by atoms with Crippen molar-refractivity contribution in [3.8, 4) is 0 Å². The van der Waals surface area contributed by atoms with Crippen molar-refractivity contribution >= 4 is 17.6 Å². The smallest absolute Gasteiger partial charge is 0.338 e. The van der Waals surface area contributed by atoms with E-state index < -0.39 is 0 Å². The van der Waals surface area contributed by atoms with Gasteiger partial charge in [-0.1, -0.05) is 35.9 Å². The quantitative estimate of drug-likeness (QED) is 0.785. The molecule has 0 N–H and O–H groups in total. The van der Waals surface area contributed by atoms with Crippen LogP contribution < -0.4 is 0 Å². The number of halogens is 1. The molecule has 2 aromatic rings. The Morgan fingerprint density at radius 3 is 2.05 bits per heavy atom. The fraction of sp³-hybridized carbons (Fsp3) is 0.188.